The maximum absolute atomic E-state index is 13.4. The molecule has 0 unspecified atom stereocenters. The Kier molecular flexibility index (Phi) is 5.15. The van der Waals surface area contributed by atoms with Gasteiger partial charge in [0.1, 0.15) is 5.82 Å². The summed E-state index contributed by atoms with van der Waals surface area (Å²) >= 11 is 0. The molecule has 0 bridgehead atoms. The van der Waals surface area contributed by atoms with E-state index in [0.717, 1.165) is 10.2 Å². The zero-order valence-electron chi connectivity index (χ0n) is 17.5. The summed E-state index contributed by atoms with van der Waals surface area (Å²) < 4.78 is 14.5. The number of nitrogens with one attached hydrogen (secondary N) is 1. The van der Waals surface area contributed by atoms with Crippen LogP contribution >= 0.6 is 0 Å². The number of nitrogens with zero attached hydrogens (tertiary/aromatic N) is 2. The van der Waals surface area contributed by atoms with Gasteiger partial charge in [0.25, 0.3) is 11.5 Å². The molecule has 1 N–H and O–H groups in total. The van der Waals surface area contributed by atoms with Gasteiger partial charge in [0.05, 0.1) is 10.9 Å². The highest BCUT2D eigenvalue weighted by Crippen LogP contribution is 2.23. The average Bonchev–Trinajstić information content (AvgIpc) is 2.75. The van der Waals surface area contributed by atoms with Crippen LogP contribution in [0.3, 0.4) is 0 Å². The van der Waals surface area contributed by atoms with Crippen molar-refractivity contribution in [2.75, 3.05) is 5.43 Å². The Balaban J connectivity index is 1.79. The normalized spacial score (nSPS) is 11.5. The maximum Gasteiger partial charge on any atom is 0.280 e. The zero-order valence-corrected chi connectivity index (χ0v) is 17.5. The van der Waals surface area contributed by atoms with Gasteiger partial charge in [0.2, 0.25) is 0 Å². The first-order valence-electron chi connectivity index (χ1n) is 9.94. The van der Waals surface area contributed by atoms with E-state index in [4.69, 9.17) is 0 Å². The number of hydrogen-bond donors (Lipinski definition) is 1. The highest BCUT2D eigenvalue weighted by molar-refractivity contribution is 6.00. The molecule has 0 aliphatic carbocycles. The summed E-state index contributed by atoms with van der Waals surface area (Å²) in [7, 11) is 0. The van der Waals surface area contributed by atoms with Crippen molar-refractivity contribution in [3.63, 3.8) is 0 Å². The number of carbonyl (C=O) groups is 1. The number of benzene rings is 3. The van der Waals surface area contributed by atoms with E-state index < -0.39 is 17.3 Å². The molecule has 0 saturated heterocycles. The van der Waals surface area contributed by atoms with E-state index in [1.807, 2.05) is 12.1 Å². The second kappa shape index (κ2) is 7.80. The summed E-state index contributed by atoms with van der Waals surface area (Å²) in [5, 5.41) is 0.372. The van der Waals surface area contributed by atoms with E-state index in [1.54, 1.807) is 36.4 Å². The monoisotopic (exact) mass is 415 g/mol. The number of aromatic nitrogens is 2. The number of halogens is 1. The fourth-order valence-corrected chi connectivity index (χ4v) is 3.32. The topological polar surface area (TPSA) is 64.0 Å². The third kappa shape index (κ3) is 4.10. The lowest BCUT2D eigenvalue weighted by Gasteiger charge is -2.19. The van der Waals surface area contributed by atoms with Crippen molar-refractivity contribution in [3.8, 4) is 11.4 Å². The third-order valence-electron chi connectivity index (χ3n) is 5.10. The van der Waals surface area contributed by atoms with Crippen LogP contribution in [0.15, 0.2) is 77.6 Å². The molecule has 1 amide bonds. The van der Waals surface area contributed by atoms with E-state index in [-0.39, 0.29) is 11.2 Å². The predicted octanol–water partition coefficient (Wildman–Crippen LogP) is 4.88. The molecule has 31 heavy (non-hydrogen) atoms. The Morgan fingerprint density at radius 3 is 2.23 bits per heavy atom. The van der Waals surface area contributed by atoms with Crippen molar-refractivity contribution in [1.29, 1.82) is 0 Å². The molecule has 0 fully saturated rings. The van der Waals surface area contributed by atoms with Crippen LogP contribution in [-0.4, -0.2) is 15.6 Å². The van der Waals surface area contributed by atoms with Gasteiger partial charge in [-0.1, -0.05) is 45.0 Å². The molecule has 0 saturated carbocycles. The van der Waals surface area contributed by atoms with Gasteiger partial charge in [0.15, 0.2) is 5.82 Å². The summed E-state index contributed by atoms with van der Waals surface area (Å²) in [5.41, 5.74) is 4.73. The Labute approximate surface area is 179 Å². The van der Waals surface area contributed by atoms with Gasteiger partial charge in [-0.25, -0.2) is 9.37 Å². The van der Waals surface area contributed by atoms with E-state index in [1.165, 1.54) is 24.3 Å². The Morgan fingerprint density at radius 2 is 1.58 bits per heavy atom. The van der Waals surface area contributed by atoms with Gasteiger partial charge in [-0.15, -0.1) is 0 Å². The van der Waals surface area contributed by atoms with Gasteiger partial charge in [-0.2, -0.15) is 4.68 Å². The molecule has 0 spiro atoms. The van der Waals surface area contributed by atoms with Crippen LogP contribution in [0.25, 0.3) is 22.3 Å². The fraction of sp³-hybridized carbons (Fsp3) is 0.160. The summed E-state index contributed by atoms with van der Waals surface area (Å²) in [6, 6.07) is 19.8. The second-order valence-corrected chi connectivity index (χ2v) is 8.37. The Bertz CT molecular complexity index is 1320. The molecule has 3 aromatic carbocycles. The van der Waals surface area contributed by atoms with E-state index in [9.17, 15) is 14.0 Å². The molecule has 0 radical (unpaired) electrons. The number of fused-ring (bicyclic) bond motifs is 1. The van der Waals surface area contributed by atoms with Crippen LogP contribution in [0.2, 0.25) is 0 Å². The predicted molar refractivity (Wildman–Crippen MR) is 120 cm³/mol. The van der Waals surface area contributed by atoms with Crippen LogP contribution in [0.5, 0.6) is 0 Å². The molecule has 0 atom stereocenters. The van der Waals surface area contributed by atoms with E-state index >= 15 is 0 Å². The van der Waals surface area contributed by atoms with Gasteiger partial charge in [-0.3, -0.25) is 15.0 Å². The molecule has 1 aromatic heterocycles. The lowest BCUT2D eigenvalue weighted by atomic mass is 9.87. The van der Waals surface area contributed by atoms with Crippen LogP contribution in [0.4, 0.5) is 4.39 Å². The van der Waals surface area contributed by atoms with Crippen LogP contribution in [-0.2, 0) is 5.41 Å². The maximum atomic E-state index is 13.4. The highest BCUT2D eigenvalue weighted by atomic mass is 19.1. The first-order chi connectivity index (χ1) is 14.7. The summed E-state index contributed by atoms with van der Waals surface area (Å²) in [4.78, 5) is 30.7. The lowest BCUT2D eigenvalue weighted by Crippen LogP contribution is -2.35. The summed E-state index contributed by atoms with van der Waals surface area (Å²) in [6.45, 7) is 6.28. The highest BCUT2D eigenvalue weighted by Gasteiger charge is 2.17. The van der Waals surface area contributed by atoms with Crippen LogP contribution in [0.1, 0.15) is 36.7 Å². The smallest absolute Gasteiger partial charge is 0.267 e. The average molecular weight is 415 g/mol. The second-order valence-electron chi connectivity index (χ2n) is 8.37. The first-order valence-corrected chi connectivity index (χ1v) is 9.94. The molecule has 0 aliphatic rings. The zero-order chi connectivity index (χ0) is 22.2. The minimum atomic E-state index is -0.442. The molecule has 4 rings (SSSR count). The molecule has 5 nitrogen and oxygen atoms in total. The number of para-hydroxylation sites is 1. The lowest BCUT2D eigenvalue weighted by molar-refractivity contribution is 0.101. The number of hydrogen-bond acceptors (Lipinski definition) is 3. The molecular weight excluding hydrogens is 393 g/mol. The number of carbonyl (C=O) groups excluding carboxylic acids is 1. The van der Waals surface area contributed by atoms with Gasteiger partial charge in [0, 0.05) is 11.1 Å². The summed E-state index contributed by atoms with van der Waals surface area (Å²) in [6.07, 6.45) is 0. The molecule has 0 aliphatic heterocycles. The van der Waals surface area contributed by atoms with Gasteiger partial charge in [-0.05, 0) is 59.5 Å². The Morgan fingerprint density at radius 1 is 0.935 bits per heavy atom. The van der Waals surface area contributed by atoms with Crippen molar-refractivity contribution >= 4 is 16.8 Å². The standard InChI is InChI=1S/C25H22FN3O2/c1-25(2,3)18-12-8-17(9-13-18)23(30)28-29-22(16-10-14-19(26)15-11-16)27-21-7-5-4-6-20(21)24(29)31/h4-15H,1-3H3,(H,28,30). The fourth-order valence-electron chi connectivity index (χ4n) is 3.32. The van der Waals surface area contributed by atoms with Crippen LogP contribution < -0.4 is 11.0 Å². The number of rotatable bonds is 3. The van der Waals surface area contributed by atoms with Crippen molar-refractivity contribution in [2.45, 2.75) is 26.2 Å². The minimum absolute atomic E-state index is 0.0377. The van der Waals surface area contributed by atoms with E-state index in [0.29, 0.717) is 22.0 Å². The van der Waals surface area contributed by atoms with Crippen molar-refractivity contribution in [1.82, 2.24) is 9.66 Å². The summed E-state index contributed by atoms with van der Waals surface area (Å²) in [5.74, 6) is -0.618. The van der Waals surface area contributed by atoms with Crippen molar-refractivity contribution < 1.29 is 9.18 Å². The van der Waals surface area contributed by atoms with Crippen LogP contribution in [0, 0.1) is 5.82 Å². The van der Waals surface area contributed by atoms with Crippen molar-refractivity contribution in [3.05, 3.63) is 100 Å². The quantitative estimate of drug-likeness (QED) is 0.518. The van der Waals surface area contributed by atoms with Gasteiger partial charge >= 0.3 is 0 Å². The van der Waals surface area contributed by atoms with Crippen molar-refractivity contribution in [2.24, 2.45) is 0 Å². The number of amides is 1. The SMILES string of the molecule is CC(C)(C)c1ccc(C(=O)Nn2c(-c3ccc(F)cc3)nc3ccccc3c2=O)cc1. The molecule has 156 valence electrons. The molecular formula is C25H22FN3O2. The molecule has 4 aromatic rings. The van der Waals surface area contributed by atoms with E-state index in [2.05, 4.69) is 31.2 Å². The minimum Gasteiger partial charge on any atom is -0.267 e. The largest absolute Gasteiger partial charge is 0.280 e. The third-order valence-corrected chi connectivity index (χ3v) is 5.10. The van der Waals surface area contributed by atoms with Gasteiger partial charge < -0.3 is 0 Å². The molecule has 1 heterocycles. The first kappa shape index (κ1) is 20.5. The molecule has 6 heteroatoms. The Hall–Kier alpha value is -3.80.